The highest BCUT2D eigenvalue weighted by Crippen LogP contribution is 2.09. The molecule has 2 nitrogen and oxygen atoms in total. The van der Waals surface area contributed by atoms with Crippen LogP contribution >= 0.6 is 11.8 Å². The molecule has 0 saturated heterocycles. The second kappa shape index (κ2) is 6.51. The number of nitrogens with zero attached hydrogens (tertiary/aromatic N) is 1. The molecule has 0 aliphatic heterocycles. The van der Waals surface area contributed by atoms with Gasteiger partial charge in [0.1, 0.15) is 11.9 Å². The van der Waals surface area contributed by atoms with Crippen molar-refractivity contribution in [3.05, 3.63) is 35.1 Å². The Kier molecular flexibility index (Phi) is 5.30. The summed E-state index contributed by atoms with van der Waals surface area (Å²) >= 11 is 1.78. The highest BCUT2D eigenvalue weighted by atomic mass is 32.2. The van der Waals surface area contributed by atoms with E-state index in [4.69, 9.17) is 5.26 Å². The first-order valence-corrected chi connectivity index (χ1v) is 6.47. The van der Waals surface area contributed by atoms with Crippen LogP contribution in [0.3, 0.4) is 0 Å². The number of halogens is 1. The zero-order valence-corrected chi connectivity index (χ0v) is 10.3. The van der Waals surface area contributed by atoms with Crippen LogP contribution in [0, 0.1) is 17.1 Å². The molecule has 1 unspecified atom stereocenters. The lowest BCUT2D eigenvalue weighted by molar-refractivity contribution is 0.592. The maximum atomic E-state index is 13.0. The van der Waals surface area contributed by atoms with Crippen LogP contribution in [0.4, 0.5) is 4.39 Å². The van der Waals surface area contributed by atoms with Gasteiger partial charge in [-0.15, -0.1) is 0 Å². The Morgan fingerprint density at radius 3 is 2.94 bits per heavy atom. The van der Waals surface area contributed by atoms with E-state index in [-0.39, 0.29) is 5.56 Å². The molecule has 4 heteroatoms. The molecule has 1 rings (SSSR count). The quantitative estimate of drug-likeness (QED) is 0.856. The summed E-state index contributed by atoms with van der Waals surface area (Å²) in [5, 5.41) is 12.0. The lowest BCUT2D eigenvalue weighted by atomic mass is 10.1. The van der Waals surface area contributed by atoms with Crippen LogP contribution in [0.5, 0.6) is 0 Å². The largest absolute Gasteiger partial charge is 0.309 e. The predicted octanol–water partition coefficient (Wildman–Crippen LogP) is 2.54. The molecule has 1 aromatic carbocycles. The van der Waals surface area contributed by atoms with Gasteiger partial charge >= 0.3 is 0 Å². The van der Waals surface area contributed by atoms with Gasteiger partial charge in [-0.1, -0.05) is 6.07 Å². The average Bonchev–Trinajstić information content (AvgIpc) is 2.28. The van der Waals surface area contributed by atoms with Crippen LogP contribution in [-0.2, 0) is 6.54 Å². The van der Waals surface area contributed by atoms with Crippen LogP contribution in [0.2, 0.25) is 0 Å². The molecule has 16 heavy (non-hydrogen) atoms. The fourth-order valence-electron chi connectivity index (χ4n) is 1.37. The fourth-order valence-corrected chi connectivity index (χ4v) is 1.99. The molecular weight excluding hydrogens is 223 g/mol. The van der Waals surface area contributed by atoms with E-state index in [0.29, 0.717) is 12.6 Å². The van der Waals surface area contributed by atoms with Crippen molar-refractivity contribution in [1.29, 1.82) is 5.26 Å². The van der Waals surface area contributed by atoms with Gasteiger partial charge in [0.05, 0.1) is 5.56 Å². The first-order valence-electron chi connectivity index (χ1n) is 5.08. The lowest BCUT2D eigenvalue weighted by Gasteiger charge is -2.12. The van der Waals surface area contributed by atoms with Gasteiger partial charge in [0.15, 0.2) is 0 Å². The number of nitriles is 1. The van der Waals surface area contributed by atoms with E-state index in [1.165, 1.54) is 6.07 Å². The molecule has 0 spiro atoms. The molecule has 0 aromatic heterocycles. The minimum absolute atomic E-state index is 0.108. The van der Waals surface area contributed by atoms with Crippen LogP contribution < -0.4 is 5.32 Å². The topological polar surface area (TPSA) is 35.8 Å². The SMILES string of the molecule is CSCC(C)NCc1ccc(F)c(C#N)c1. The molecule has 1 N–H and O–H groups in total. The maximum Gasteiger partial charge on any atom is 0.140 e. The third-order valence-corrected chi connectivity index (χ3v) is 3.06. The Bertz CT molecular complexity index is 387. The van der Waals surface area contributed by atoms with Gasteiger partial charge in [-0.25, -0.2) is 4.39 Å². The van der Waals surface area contributed by atoms with Crippen molar-refractivity contribution in [3.63, 3.8) is 0 Å². The van der Waals surface area contributed by atoms with Crippen molar-refractivity contribution in [2.45, 2.75) is 19.5 Å². The minimum atomic E-state index is -0.455. The average molecular weight is 238 g/mol. The predicted molar refractivity (Wildman–Crippen MR) is 65.8 cm³/mol. The monoisotopic (exact) mass is 238 g/mol. The van der Waals surface area contributed by atoms with Gasteiger partial charge in [0.25, 0.3) is 0 Å². The summed E-state index contributed by atoms with van der Waals surface area (Å²) in [7, 11) is 0. The zero-order valence-electron chi connectivity index (χ0n) is 9.46. The number of thioether (sulfide) groups is 1. The van der Waals surface area contributed by atoms with Crippen LogP contribution in [0.25, 0.3) is 0 Å². The molecule has 0 radical (unpaired) electrons. The van der Waals surface area contributed by atoms with Gasteiger partial charge in [0.2, 0.25) is 0 Å². The van der Waals surface area contributed by atoms with E-state index < -0.39 is 5.82 Å². The van der Waals surface area contributed by atoms with Gasteiger partial charge in [0, 0.05) is 18.3 Å². The molecular formula is C12H15FN2S. The van der Waals surface area contributed by atoms with Crippen molar-refractivity contribution < 1.29 is 4.39 Å². The summed E-state index contributed by atoms with van der Waals surface area (Å²) in [6.45, 7) is 2.77. The summed E-state index contributed by atoms with van der Waals surface area (Å²) in [6, 6.07) is 6.89. The number of nitrogens with one attached hydrogen (secondary N) is 1. The van der Waals surface area contributed by atoms with E-state index in [9.17, 15) is 4.39 Å². The summed E-state index contributed by atoms with van der Waals surface area (Å²) < 4.78 is 13.0. The second-order valence-corrected chi connectivity index (χ2v) is 4.57. The van der Waals surface area contributed by atoms with Crippen molar-refractivity contribution >= 4 is 11.8 Å². The summed E-state index contributed by atoms with van der Waals surface area (Å²) in [5.41, 5.74) is 1.04. The Hall–Kier alpha value is -1.05. The molecule has 0 heterocycles. The van der Waals surface area contributed by atoms with Crippen molar-refractivity contribution in [3.8, 4) is 6.07 Å². The van der Waals surface area contributed by atoms with Gasteiger partial charge in [-0.3, -0.25) is 0 Å². The Balaban J connectivity index is 2.58. The Morgan fingerprint density at radius 1 is 1.56 bits per heavy atom. The van der Waals surface area contributed by atoms with Gasteiger partial charge in [-0.05, 0) is 30.9 Å². The molecule has 86 valence electrons. The zero-order chi connectivity index (χ0) is 12.0. The first-order chi connectivity index (χ1) is 7.67. The lowest BCUT2D eigenvalue weighted by Crippen LogP contribution is -2.27. The fraction of sp³-hybridized carbons (Fsp3) is 0.417. The van der Waals surface area contributed by atoms with Crippen molar-refractivity contribution in [2.24, 2.45) is 0 Å². The molecule has 0 saturated carbocycles. The Labute approximate surface area is 99.9 Å². The smallest absolute Gasteiger partial charge is 0.140 e. The molecule has 0 fully saturated rings. The number of rotatable bonds is 5. The van der Waals surface area contributed by atoms with E-state index in [1.807, 2.05) is 6.07 Å². The van der Waals surface area contributed by atoms with E-state index >= 15 is 0 Å². The van der Waals surface area contributed by atoms with Gasteiger partial charge < -0.3 is 5.32 Å². The van der Waals surface area contributed by atoms with E-state index in [1.54, 1.807) is 23.9 Å². The van der Waals surface area contributed by atoms with Gasteiger partial charge in [-0.2, -0.15) is 17.0 Å². The standard InChI is InChI=1S/C12H15FN2S/c1-9(8-16-2)15-7-10-3-4-12(13)11(5-10)6-14/h3-5,9,15H,7-8H2,1-2H3. The third-order valence-electron chi connectivity index (χ3n) is 2.22. The highest BCUT2D eigenvalue weighted by molar-refractivity contribution is 7.98. The molecule has 0 aliphatic rings. The summed E-state index contributed by atoms with van der Waals surface area (Å²) in [5.74, 6) is 0.579. The number of benzene rings is 1. The number of hydrogen-bond acceptors (Lipinski definition) is 3. The van der Waals surface area contributed by atoms with Crippen LogP contribution in [-0.4, -0.2) is 18.1 Å². The summed E-state index contributed by atoms with van der Waals surface area (Å²) in [6.07, 6.45) is 2.06. The molecule has 0 bridgehead atoms. The molecule has 0 aliphatic carbocycles. The van der Waals surface area contributed by atoms with E-state index in [2.05, 4.69) is 18.5 Å². The molecule has 1 atom stereocenters. The highest BCUT2D eigenvalue weighted by Gasteiger charge is 2.04. The number of hydrogen-bond donors (Lipinski definition) is 1. The Morgan fingerprint density at radius 2 is 2.31 bits per heavy atom. The van der Waals surface area contributed by atoms with Crippen LogP contribution in [0.15, 0.2) is 18.2 Å². The van der Waals surface area contributed by atoms with Crippen LogP contribution in [0.1, 0.15) is 18.1 Å². The minimum Gasteiger partial charge on any atom is -0.309 e. The van der Waals surface area contributed by atoms with Crippen molar-refractivity contribution in [1.82, 2.24) is 5.32 Å². The molecule has 1 aromatic rings. The molecule has 0 amide bonds. The van der Waals surface area contributed by atoms with Crippen molar-refractivity contribution in [2.75, 3.05) is 12.0 Å². The summed E-state index contributed by atoms with van der Waals surface area (Å²) in [4.78, 5) is 0. The third kappa shape index (κ3) is 3.84. The van der Waals surface area contributed by atoms with E-state index in [0.717, 1.165) is 11.3 Å². The maximum absolute atomic E-state index is 13.0. The normalized spacial score (nSPS) is 12.1. The second-order valence-electron chi connectivity index (χ2n) is 3.66. The first kappa shape index (κ1) is 13.0.